The van der Waals surface area contributed by atoms with Crippen molar-refractivity contribution in [3.63, 3.8) is 0 Å². The van der Waals surface area contributed by atoms with E-state index in [1.165, 1.54) is 0 Å². The summed E-state index contributed by atoms with van der Waals surface area (Å²) in [6.45, 7) is 6.02. The van der Waals surface area contributed by atoms with E-state index in [4.69, 9.17) is 15.2 Å². The van der Waals surface area contributed by atoms with Crippen molar-refractivity contribution >= 4 is 17.2 Å². The number of aromatic nitrogens is 2. The standard InChI is InChI=1S/C28H34N4O3S/c1-28(2,33)8-5-19-11-20(17-32(3)4)13-21(12-19)18-35-24-14-23(15-30-26(24)29)25-16-31-27(36-25)22-6-9-34-10-7-22/h11-16,22,33H,6-7,9-10,17-18H2,1-4H3,(H2,29,30). The highest BCUT2D eigenvalue weighted by atomic mass is 32.1. The first kappa shape index (κ1) is 26.1. The Labute approximate surface area is 217 Å². The molecule has 36 heavy (non-hydrogen) atoms. The predicted molar refractivity (Wildman–Crippen MR) is 144 cm³/mol. The number of benzene rings is 1. The molecule has 0 amide bonds. The number of nitrogens with zero attached hydrogens (tertiary/aromatic N) is 3. The fourth-order valence-electron chi connectivity index (χ4n) is 4.02. The fourth-order valence-corrected chi connectivity index (χ4v) is 5.09. The minimum absolute atomic E-state index is 0.323. The molecule has 0 radical (unpaired) electrons. The van der Waals surface area contributed by atoms with E-state index < -0.39 is 5.60 Å². The number of nitrogens with two attached hydrogens (primary N) is 1. The molecule has 0 atom stereocenters. The highest BCUT2D eigenvalue weighted by molar-refractivity contribution is 7.15. The van der Waals surface area contributed by atoms with Crippen LogP contribution in [0.25, 0.3) is 10.4 Å². The van der Waals surface area contributed by atoms with Gasteiger partial charge in [-0.25, -0.2) is 9.97 Å². The molecule has 3 N–H and O–H groups in total. The summed E-state index contributed by atoms with van der Waals surface area (Å²) in [6, 6.07) is 8.06. The average molecular weight is 507 g/mol. The van der Waals surface area contributed by atoms with Crippen molar-refractivity contribution in [1.82, 2.24) is 14.9 Å². The van der Waals surface area contributed by atoms with Gasteiger partial charge >= 0.3 is 0 Å². The molecule has 3 heterocycles. The maximum atomic E-state index is 10.0. The number of rotatable bonds is 7. The maximum Gasteiger partial charge on any atom is 0.166 e. The Morgan fingerprint density at radius 1 is 1.14 bits per heavy atom. The van der Waals surface area contributed by atoms with Crippen LogP contribution in [0, 0.1) is 11.8 Å². The van der Waals surface area contributed by atoms with Crippen molar-refractivity contribution in [2.24, 2.45) is 0 Å². The lowest BCUT2D eigenvalue weighted by molar-refractivity contribution is 0.0853. The van der Waals surface area contributed by atoms with Gasteiger partial charge in [0, 0.05) is 49.2 Å². The SMILES string of the molecule is CN(C)Cc1cc(C#CC(C)(C)O)cc(COc2cc(-c3cnc(C4CCOCC4)s3)cnc2N)c1. The van der Waals surface area contributed by atoms with Crippen LogP contribution in [-0.4, -0.2) is 52.9 Å². The number of pyridine rings is 1. The summed E-state index contributed by atoms with van der Waals surface area (Å²) in [7, 11) is 4.05. The topological polar surface area (TPSA) is 93.7 Å². The minimum Gasteiger partial charge on any atom is -0.485 e. The summed E-state index contributed by atoms with van der Waals surface area (Å²) in [5, 5.41) is 11.1. The number of thiazole rings is 1. The van der Waals surface area contributed by atoms with Crippen LogP contribution in [0.2, 0.25) is 0 Å². The smallest absolute Gasteiger partial charge is 0.166 e. The number of ether oxygens (including phenoxy) is 2. The van der Waals surface area contributed by atoms with Gasteiger partial charge in [-0.05, 0) is 70.1 Å². The van der Waals surface area contributed by atoms with Crippen molar-refractivity contribution in [3.05, 3.63) is 58.4 Å². The van der Waals surface area contributed by atoms with Gasteiger partial charge in [0.1, 0.15) is 12.2 Å². The first-order valence-electron chi connectivity index (χ1n) is 12.1. The monoisotopic (exact) mass is 506 g/mol. The van der Waals surface area contributed by atoms with Crippen molar-refractivity contribution in [1.29, 1.82) is 0 Å². The predicted octanol–water partition coefficient (Wildman–Crippen LogP) is 4.44. The molecule has 0 saturated carbocycles. The van der Waals surface area contributed by atoms with Crippen LogP contribution in [0.15, 0.2) is 36.7 Å². The molecule has 8 heteroatoms. The van der Waals surface area contributed by atoms with Crippen LogP contribution in [0.4, 0.5) is 5.82 Å². The Hall–Kier alpha value is -2.96. The van der Waals surface area contributed by atoms with Crippen LogP contribution < -0.4 is 10.5 Å². The van der Waals surface area contributed by atoms with Gasteiger partial charge in [-0.15, -0.1) is 11.3 Å². The van der Waals surface area contributed by atoms with Gasteiger partial charge in [-0.2, -0.15) is 0 Å². The Morgan fingerprint density at radius 2 is 1.89 bits per heavy atom. The van der Waals surface area contributed by atoms with Crippen LogP contribution in [0.3, 0.4) is 0 Å². The molecule has 1 aliphatic heterocycles. The molecule has 2 aromatic heterocycles. The first-order chi connectivity index (χ1) is 17.2. The molecule has 0 bridgehead atoms. The Morgan fingerprint density at radius 3 is 2.61 bits per heavy atom. The number of hydrogen-bond acceptors (Lipinski definition) is 8. The van der Waals surface area contributed by atoms with Crippen LogP contribution in [-0.2, 0) is 17.9 Å². The van der Waals surface area contributed by atoms with E-state index in [9.17, 15) is 5.11 Å². The molecule has 190 valence electrons. The van der Waals surface area contributed by atoms with Crippen molar-refractivity contribution in [3.8, 4) is 28.0 Å². The Balaban J connectivity index is 1.53. The summed E-state index contributed by atoms with van der Waals surface area (Å²) in [5.41, 5.74) is 8.96. The number of anilines is 1. The molecule has 0 unspecified atom stereocenters. The van der Waals surface area contributed by atoms with Gasteiger partial charge < -0.3 is 25.2 Å². The second-order valence-corrected chi connectivity index (χ2v) is 11.0. The average Bonchev–Trinajstić information content (AvgIpc) is 3.32. The molecule has 3 aromatic rings. The third-order valence-corrected chi connectivity index (χ3v) is 6.93. The molecule has 0 spiro atoms. The highest BCUT2D eigenvalue weighted by Crippen LogP contribution is 2.36. The molecule has 4 rings (SSSR count). The zero-order valence-corrected chi connectivity index (χ0v) is 22.2. The van der Waals surface area contributed by atoms with Crippen molar-refractivity contribution < 1.29 is 14.6 Å². The molecular formula is C28H34N4O3S. The summed E-state index contributed by atoms with van der Waals surface area (Å²) in [4.78, 5) is 12.2. The van der Waals surface area contributed by atoms with E-state index in [0.717, 1.165) is 64.7 Å². The van der Waals surface area contributed by atoms with Crippen molar-refractivity contribution in [2.75, 3.05) is 33.0 Å². The summed E-state index contributed by atoms with van der Waals surface area (Å²) >= 11 is 1.70. The van der Waals surface area contributed by atoms with E-state index in [1.54, 1.807) is 31.4 Å². The lowest BCUT2D eigenvalue weighted by Crippen LogP contribution is -2.14. The Kier molecular flexibility index (Phi) is 8.27. The normalized spacial score (nSPS) is 14.5. The lowest BCUT2D eigenvalue weighted by Gasteiger charge is -2.19. The highest BCUT2D eigenvalue weighted by Gasteiger charge is 2.20. The largest absolute Gasteiger partial charge is 0.485 e. The zero-order chi connectivity index (χ0) is 25.7. The van der Waals surface area contributed by atoms with E-state index >= 15 is 0 Å². The molecular weight excluding hydrogens is 472 g/mol. The van der Waals surface area contributed by atoms with Crippen LogP contribution in [0.1, 0.15) is 54.3 Å². The number of hydrogen-bond donors (Lipinski definition) is 2. The molecule has 1 aromatic carbocycles. The van der Waals surface area contributed by atoms with E-state index in [2.05, 4.69) is 32.8 Å². The molecule has 7 nitrogen and oxygen atoms in total. The quantitative estimate of drug-likeness (QED) is 0.458. The first-order valence-corrected chi connectivity index (χ1v) is 12.9. The molecule has 1 aliphatic rings. The summed E-state index contributed by atoms with van der Waals surface area (Å²) in [6.07, 6.45) is 5.70. The van der Waals surface area contributed by atoms with Gasteiger partial charge in [0.2, 0.25) is 0 Å². The zero-order valence-electron chi connectivity index (χ0n) is 21.4. The van der Waals surface area contributed by atoms with Crippen LogP contribution in [0.5, 0.6) is 5.75 Å². The van der Waals surface area contributed by atoms with Gasteiger partial charge in [-0.1, -0.05) is 17.9 Å². The Bertz CT molecular complexity index is 1250. The maximum absolute atomic E-state index is 10.0. The lowest BCUT2D eigenvalue weighted by atomic mass is 10.0. The summed E-state index contributed by atoms with van der Waals surface area (Å²) in [5.74, 6) is 7.31. The van der Waals surface area contributed by atoms with E-state index in [0.29, 0.717) is 24.1 Å². The second kappa shape index (κ2) is 11.4. The molecule has 1 saturated heterocycles. The second-order valence-electron chi connectivity index (χ2n) is 9.93. The fraction of sp³-hybridized carbons (Fsp3) is 0.429. The van der Waals surface area contributed by atoms with Gasteiger partial charge in [0.05, 0.1) is 9.88 Å². The van der Waals surface area contributed by atoms with Crippen LogP contribution >= 0.6 is 11.3 Å². The van der Waals surface area contributed by atoms with Gasteiger partial charge in [-0.3, -0.25) is 0 Å². The number of aliphatic hydroxyl groups is 1. The summed E-state index contributed by atoms with van der Waals surface area (Å²) < 4.78 is 11.6. The number of nitrogen functional groups attached to an aromatic ring is 1. The van der Waals surface area contributed by atoms with E-state index in [-0.39, 0.29) is 0 Å². The third-order valence-electron chi connectivity index (χ3n) is 5.72. The third kappa shape index (κ3) is 7.28. The minimum atomic E-state index is -1.06. The molecule has 0 aliphatic carbocycles. The molecule has 1 fully saturated rings. The van der Waals surface area contributed by atoms with E-state index in [1.807, 2.05) is 38.5 Å². The van der Waals surface area contributed by atoms with Crippen molar-refractivity contribution in [2.45, 2.75) is 51.4 Å². The van der Waals surface area contributed by atoms with Gasteiger partial charge in [0.15, 0.2) is 11.6 Å². The van der Waals surface area contributed by atoms with Gasteiger partial charge in [0.25, 0.3) is 0 Å².